The number of ether oxygens (including phenoxy) is 1. The lowest BCUT2D eigenvalue weighted by Crippen LogP contribution is -2.44. The Morgan fingerprint density at radius 2 is 2.20 bits per heavy atom. The maximum absolute atomic E-state index is 12.0. The first-order valence-electron chi connectivity index (χ1n) is 7.45. The number of amides is 1. The maximum atomic E-state index is 12.0. The highest BCUT2D eigenvalue weighted by Gasteiger charge is 2.38. The molecule has 1 heterocycles. The van der Waals surface area contributed by atoms with Gasteiger partial charge in [-0.1, -0.05) is 30.3 Å². The minimum absolute atomic E-state index is 0.147. The molecule has 4 heteroatoms. The van der Waals surface area contributed by atoms with Gasteiger partial charge in [-0.2, -0.15) is 0 Å². The lowest BCUT2D eigenvalue weighted by Gasteiger charge is -2.23. The molecule has 2 fully saturated rings. The van der Waals surface area contributed by atoms with Crippen molar-refractivity contribution in [1.29, 1.82) is 0 Å². The Morgan fingerprint density at radius 3 is 2.95 bits per heavy atom. The van der Waals surface area contributed by atoms with Crippen molar-refractivity contribution in [1.82, 2.24) is 10.6 Å². The highest BCUT2D eigenvalue weighted by Crippen LogP contribution is 2.33. The SMILES string of the molecule is O=C(CC1COCCN1)NC1CC1Cc1ccccc1. The monoisotopic (exact) mass is 274 g/mol. The Morgan fingerprint density at radius 1 is 1.35 bits per heavy atom. The zero-order chi connectivity index (χ0) is 13.8. The quantitative estimate of drug-likeness (QED) is 0.846. The van der Waals surface area contributed by atoms with Crippen LogP contribution in [-0.2, 0) is 16.0 Å². The third kappa shape index (κ3) is 3.81. The fourth-order valence-electron chi connectivity index (χ4n) is 2.81. The molecule has 20 heavy (non-hydrogen) atoms. The van der Waals surface area contributed by atoms with Crippen LogP contribution in [0.15, 0.2) is 30.3 Å². The lowest BCUT2D eigenvalue weighted by molar-refractivity contribution is -0.122. The minimum atomic E-state index is 0.147. The zero-order valence-corrected chi connectivity index (χ0v) is 11.7. The van der Waals surface area contributed by atoms with E-state index in [9.17, 15) is 4.79 Å². The third-order valence-electron chi connectivity index (χ3n) is 4.04. The molecule has 1 aromatic rings. The molecular weight excluding hydrogens is 252 g/mol. The van der Waals surface area contributed by atoms with Crippen LogP contribution in [0.4, 0.5) is 0 Å². The van der Waals surface area contributed by atoms with E-state index in [0.717, 1.165) is 26.0 Å². The molecule has 108 valence electrons. The van der Waals surface area contributed by atoms with E-state index in [1.807, 2.05) is 6.07 Å². The van der Waals surface area contributed by atoms with E-state index in [1.165, 1.54) is 5.56 Å². The van der Waals surface area contributed by atoms with Crippen LogP contribution in [0.1, 0.15) is 18.4 Å². The molecule has 1 aromatic carbocycles. The van der Waals surface area contributed by atoms with E-state index in [1.54, 1.807) is 0 Å². The molecule has 0 aromatic heterocycles. The number of hydrogen-bond acceptors (Lipinski definition) is 3. The van der Waals surface area contributed by atoms with Crippen molar-refractivity contribution in [3.8, 4) is 0 Å². The van der Waals surface area contributed by atoms with Gasteiger partial charge in [-0.3, -0.25) is 4.79 Å². The van der Waals surface area contributed by atoms with Crippen LogP contribution < -0.4 is 10.6 Å². The van der Waals surface area contributed by atoms with Crippen molar-refractivity contribution < 1.29 is 9.53 Å². The highest BCUT2D eigenvalue weighted by atomic mass is 16.5. The smallest absolute Gasteiger partial charge is 0.221 e. The largest absolute Gasteiger partial charge is 0.378 e. The standard InChI is InChI=1S/C16H22N2O2/c19-16(10-14-11-20-7-6-17-14)18-15-9-13(15)8-12-4-2-1-3-5-12/h1-5,13-15,17H,6-11H2,(H,18,19). The van der Waals surface area contributed by atoms with Gasteiger partial charge in [-0.05, 0) is 24.3 Å². The summed E-state index contributed by atoms with van der Waals surface area (Å²) in [5, 5.41) is 6.45. The maximum Gasteiger partial charge on any atom is 0.221 e. The zero-order valence-electron chi connectivity index (χ0n) is 11.7. The van der Waals surface area contributed by atoms with Gasteiger partial charge < -0.3 is 15.4 Å². The average molecular weight is 274 g/mol. The molecule has 1 amide bonds. The molecule has 1 aliphatic heterocycles. The molecule has 1 saturated heterocycles. The normalized spacial score (nSPS) is 28.9. The topological polar surface area (TPSA) is 50.4 Å². The number of morpholine rings is 1. The summed E-state index contributed by atoms with van der Waals surface area (Å²) in [7, 11) is 0. The van der Waals surface area contributed by atoms with Crippen LogP contribution >= 0.6 is 0 Å². The van der Waals surface area contributed by atoms with E-state index in [4.69, 9.17) is 4.74 Å². The van der Waals surface area contributed by atoms with Gasteiger partial charge in [0.1, 0.15) is 0 Å². The van der Waals surface area contributed by atoms with E-state index >= 15 is 0 Å². The van der Waals surface area contributed by atoms with Crippen molar-refractivity contribution in [3.63, 3.8) is 0 Å². The van der Waals surface area contributed by atoms with Crippen LogP contribution in [0.5, 0.6) is 0 Å². The van der Waals surface area contributed by atoms with Crippen molar-refractivity contribution in [3.05, 3.63) is 35.9 Å². The van der Waals surface area contributed by atoms with Gasteiger partial charge in [-0.25, -0.2) is 0 Å². The summed E-state index contributed by atoms with van der Waals surface area (Å²) in [5.74, 6) is 0.755. The molecule has 1 aliphatic carbocycles. The predicted octanol–water partition coefficient (Wildman–Crippen LogP) is 1.11. The Bertz CT molecular complexity index is 443. The first-order chi connectivity index (χ1) is 9.81. The number of carbonyl (C=O) groups is 1. The molecule has 1 saturated carbocycles. The van der Waals surface area contributed by atoms with E-state index < -0.39 is 0 Å². The van der Waals surface area contributed by atoms with E-state index in [0.29, 0.717) is 25.0 Å². The molecule has 2 aliphatic rings. The molecule has 0 radical (unpaired) electrons. The first-order valence-corrected chi connectivity index (χ1v) is 7.45. The van der Waals surface area contributed by atoms with Gasteiger partial charge >= 0.3 is 0 Å². The van der Waals surface area contributed by atoms with Crippen LogP contribution in [0.2, 0.25) is 0 Å². The number of rotatable bonds is 5. The number of hydrogen-bond donors (Lipinski definition) is 2. The minimum Gasteiger partial charge on any atom is -0.378 e. The van der Waals surface area contributed by atoms with Crippen molar-refractivity contribution in [2.24, 2.45) is 5.92 Å². The summed E-state index contributed by atoms with van der Waals surface area (Å²) in [6.45, 7) is 2.24. The molecule has 3 rings (SSSR count). The average Bonchev–Trinajstić information content (AvgIpc) is 3.18. The number of benzene rings is 1. The van der Waals surface area contributed by atoms with Crippen LogP contribution in [0, 0.1) is 5.92 Å². The van der Waals surface area contributed by atoms with Crippen molar-refractivity contribution in [2.75, 3.05) is 19.8 Å². The summed E-state index contributed by atoms with van der Waals surface area (Å²) in [5.41, 5.74) is 1.36. The fraction of sp³-hybridized carbons (Fsp3) is 0.562. The van der Waals surface area contributed by atoms with Gasteiger partial charge in [0.25, 0.3) is 0 Å². The summed E-state index contributed by atoms with van der Waals surface area (Å²) < 4.78 is 5.36. The van der Waals surface area contributed by atoms with Crippen LogP contribution in [0.25, 0.3) is 0 Å². The molecule has 2 N–H and O–H groups in total. The van der Waals surface area contributed by atoms with E-state index in [-0.39, 0.29) is 11.9 Å². The Kier molecular flexibility index (Phi) is 4.33. The molecule has 3 atom stereocenters. The molecule has 0 spiro atoms. The van der Waals surface area contributed by atoms with Crippen LogP contribution in [0.3, 0.4) is 0 Å². The second kappa shape index (κ2) is 6.37. The van der Waals surface area contributed by atoms with Gasteiger partial charge in [0.05, 0.1) is 13.2 Å². The summed E-state index contributed by atoms with van der Waals surface area (Å²) in [4.78, 5) is 12.0. The Hall–Kier alpha value is -1.39. The summed E-state index contributed by atoms with van der Waals surface area (Å²) >= 11 is 0. The molecular formula is C16H22N2O2. The van der Waals surface area contributed by atoms with Gasteiger partial charge in [0.15, 0.2) is 0 Å². The molecule has 3 unspecified atom stereocenters. The van der Waals surface area contributed by atoms with Crippen molar-refractivity contribution >= 4 is 5.91 Å². The van der Waals surface area contributed by atoms with Gasteiger partial charge in [0.2, 0.25) is 5.91 Å². The first kappa shape index (κ1) is 13.6. The number of nitrogens with one attached hydrogen (secondary N) is 2. The predicted molar refractivity (Wildman–Crippen MR) is 77.4 cm³/mol. The second-order valence-electron chi connectivity index (χ2n) is 5.79. The summed E-state index contributed by atoms with van der Waals surface area (Å²) in [6, 6.07) is 11.0. The highest BCUT2D eigenvalue weighted by molar-refractivity contribution is 5.77. The lowest BCUT2D eigenvalue weighted by atomic mass is 10.1. The summed E-state index contributed by atoms with van der Waals surface area (Å²) in [6.07, 6.45) is 2.69. The van der Waals surface area contributed by atoms with Gasteiger partial charge in [-0.15, -0.1) is 0 Å². The van der Waals surface area contributed by atoms with Gasteiger partial charge in [0, 0.05) is 25.0 Å². The Balaban J connectivity index is 1.38. The van der Waals surface area contributed by atoms with Crippen LogP contribution in [-0.4, -0.2) is 37.7 Å². The third-order valence-corrected chi connectivity index (χ3v) is 4.04. The Labute approximate surface area is 119 Å². The van der Waals surface area contributed by atoms with E-state index in [2.05, 4.69) is 34.9 Å². The second-order valence-corrected chi connectivity index (χ2v) is 5.79. The number of carbonyl (C=O) groups excluding carboxylic acids is 1. The molecule has 0 bridgehead atoms. The molecule has 4 nitrogen and oxygen atoms in total. The van der Waals surface area contributed by atoms with Crippen molar-refractivity contribution in [2.45, 2.75) is 31.3 Å². The fourth-order valence-corrected chi connectivity index (χ4v) is 2.81.